The molecule has 4 atom stereocenters. The molecule has 1 aromatic carbocycles. The molecule has 0 saturated carbocycles. The van der Waals surface area contributed by atoms with Crippen molar-refractivity contribution in [1.82, 2.24) is 0 Å². The maximum Gasteiger partial charge on any atom is 0.310 e. The van der Waals surface area contributed by atoms with E-state index in [1.54, 1.807) is 11.8 Å². The van der Waals surface area contributed by atoms with Crippen LogP contribution in [0.25, 0.3) is 0 Å². The van der Waals surface area contributed by atoms with Crippen LogP contribution in [0.5, 0.6) is 0 Å². The highest BCUT2D eigenvalue weighted by atomic mass is 32.2. The van der Waals surface area contributed by atoms with E-state index >= 15 is 0 Å². The summed E-state index contributed by atoms with van der Waals surface area (Å²) in [6, 6.07) is 7.50. The summed E-state index contributed by atoms with van der Waals surface area (Å²) in [5.41, 5.74) is 0.724. The molecule has 2 aliphatic heterocycles. The third-order valence-corrected chi connectivity index (χ3v) is 5.02. The van der Waals surface area contributed by atoms with E-state index in [-0.39, 0.29) is 18.1 Å². The van der Waals surface area contributed by atoms with Crippen LogP contribution in [0.4, 0.5) is 5.69 Å². The third-order valence-electron chi connectivity index (χ3n) is 4.23. The Balaban J connectivity index is 1.80. The van der Waals surface area contributed by atoms with Gasteiger partial charge >= 0.3 is 5.97 Å². The van der Waals surface area contributed by atoms with Gasteiger partial charge in [0.25, 0.3) is 0 Å². The van der Waals surface area contributed by atoms with E-state index in [0.717, 1.165) is 23.4 Å². The van der Waals surface area contributed by atoms with E-state index in [4.69, 9.17) is 4.74 Å². The lowest BCUT2D eigenvalue weighted by atomic mass is 9.78. The summed E-state index contributed by atoms with van der Waals surface area (Å²) in [7, 11) is 0. The summed E-state index contributed by atoms with van der Waals surface area (Å²) in [6.07, 6.45) is 2.84. The molecule has 2 N–H and O–H groups in total. The summed E-state index contributed by atoms with van der Waals surface area (Å²) < 4.78 is 5.63. The molecule has 2 bridgehead atoms. The Morgan fingerprint density at radius 3 is 2.57 bits per heavy atom. The number of ether oxygens (including phenoxy) is 1. The average Bonchev–Trinajstić information content (AvgIpc) is 3.08. The van der Waals surface area contributed by atoms with Crippen LogP contribution in [-0.2, 0) is 14.3 Å². The minimum Gasteiger partial charge on any atom is -0.481 e. The number of carbonyl (C=O) groups is 2. The molecular weight excluding hydrogens is 290 g/mol. The molecule has 0 radical (unpaired) electrons. The number of hydrogen-bond donors (Lipinski definition) is 2. The molecule has 5 nitrogen and oxygen atoms in total. The van der Waals surface area contributed by atoms with Gasteiger partial charge in [0.05, 0.1) is 29.7 Å². The number of nitrogens with one attached hydrogen (secondary N) is 1. The van der Waals surface area contributed by atoms with Crippen molar-refractivity contribution in [1.29, 1.82) is 0 Å². The molecule has 2 aliphatic rings. The smallest absolute Gasteiger partial charge is 0.310 e. The van der Waals surface area contributed by atoms with Crippen molar-refractivity contribution in [2.24, 2.45) is 11.8 Å². The Hall–Kier alpha value is -1.53. The van der Waals surface area contributed by atoms with E-state index in [1.807, 2.05) is 30.5 Å². The van der Waals surface area contributed by atoms with Gasteiger partial charge < -0.3 is 15.2 Å². The summed E-state index contributed by atoms with van der Waals surface area (Å²) in [4.78, 5) is 24.9. The van der Waals surface area contributed by atoms with E-state index in [1.165, 1.54) is 0 Å². The third kappa shape index (κ3) is 2.53. The Morgan fingerprint density at radius 1 is 1.24 bits per heavy atom. The van der Waals surface area contributed by atoms with Crippen molar-refractivity contribution in [3.05, 3.63) is 24.3 Å². The first-order valence-electron chi connectivity index (χ1n) is 6.94. The van der Waals surface area contributed by atoms with E-state index in [0.29, 0.717) is 0 Å². The van der Waals surface area contributed by atoms with Crippen LogP contribution in [-0.4, -0.2) is 35.4 Å². The molecule has 0 aromatic heterocycles. The van der Waals surface area contributed by atoms with Crippen molar-refractivity contribution in [2.75, 3.05) is 11.6 Å². The highest BCUT2D eigenvalue weighted by molar-refractivity contribution is 7.98. The minimum atomic E-state index is -0.944. The normalized spacial score (nSPS) is 30.3. The van der Waals surface area contributed by atoms with Gasteiger partial charge in [-0.1, -0.05) is 12.1 Å². The van der Waals surface area contributed by atoms with Crippen LogP contribution < -0.4 is 5.32 Å². The quantitative estimate of drug-likeness (QED) is 0.834. The molecule has 3 rings (SSSR count). The van der Waals surface area contributed by atoms with Crippen LogP contribution in [0, 0.1) is 11.8 Å². The average molecular weight is 307 g/mol. The number of hydrogen-bond acceptors (Lipinski definition) is 4. The van der Waals surface area contributed by atoms with Crippen LogP contribution in [0.2, 0.25) is 0 Å². The number of carbonyl (C=O) groups excluding carboxylic acids is 1. The van der Waals surface area contributed by atoms with E-state index in [2.05, 4.69) is 5.32 Å². The monoisotopic (exact) mass is 307 g/mol. The molecule has 21 heavy (non-hydrogen) atoms. The Labute approximate surface area is 127 Å². The largest absolute Gasteiger partial charge is 0.481 e. The van der Waals surface area contributed by atoms with E-state index < -0.39 is 17.8 Å². The summed E-state index contributed by atoms with van der Waals surface area (Å²) in [5, 5.41) is 12.2. The highest BCUT2D eigenvalue weighted by Crippen LogP contribution is 2.44. The van der Waals surface area contributed by atoms with Crippen molar-refractivity contribution >= 4 is 29.3 Å². The first kappa shape index (κ1) is 14.4. The molecule has 0 aliphatic carbocycles. The maximum absolute atomic E-state index is 12.5. The van der Waals surface area contributed by atoms with Gasteiger partial charge in [0.2, 0.25) is 5.91 Å². The number of thioether (sulfide) groups is 1. The molecule has 1 aromatic rings. The SMILES string of the molecule is CSc1ccccc1NC(=O)C1C(C(=O)O)[C@H]2CC[C@@H]1O2. The molecular formula is C15H17NO4S. The van der Waals surface area contributed by atoms with Gasteiger partial charge in [-0.05, 0) is 31.2 Å². The molecule has 6 heteroatoms. The molecule has 2 fully saturated rings. The van der Waals surface area contributed by atoms with Crippen LogP contribution >= 0.6 is 11.8 Å². The number of fused-ring (bicyclic) bond motifs is 2. The second kappa shape index (κ2) is 5.69. The summed E-state index contributed by atoms with van der Waals surface area (Å²) in [5.74, 6) is -2.53. The fraction of sp³-hybridized carbons (Fsp3) is 0.467. The minimum absolute atomic E-state index is 0.254. The van der Waals surface area contributed by atoms with Crippen LogP contribution in [0.15, 0.2) is 29.2 Å². The predicted molar refractivity (Wildman–Crippen MR) is 79.4 cm³/mol. The zero-order chi connectivity index (χ0) is 15.0. The molecule has 2 heterocycles. The maximum atomic E-state index is 12.5. The van der Waals surface area contributed by atoms with Crippen LogP contribution in [0.3, 0.4) is 0 Å². The molecule has 1 amide bonds. The van der Waals surface area contributed by atoms with Gasteiger partial charge in [-0.15, -0.1) is 11.8 Å². The lowest BCUT2D eigenvalue weighted by Crippen LogP contribution is -2.41. The summed E-state index contributed by atoms with van der Waals surface area (Å²) in [6.45, 7) is 0. The lowest BCUT2D eigenvalue weighted by Gasteiger charge is -2.24. The molecule has 2 saturated heterocycles. The second-order valence-electron chi connectivity index (χ2n) is 5.37. The van der Waals surface area contributed by atoms with E-state index in [9.17, 15) is 14.7 Å². The zero-order valence-corrected chi connectivity index (χ0v) is 12.4. The Morgan fingerprint density at radius 2 is 1.90 bits per heavy atom. The number of rotatable bonds is 4. The van der Waals surface area contributed by atoms with Gasteiger partial charge in [0.15, 0.2) is 0 Å². The topological polar surface area (TPSA) is 75.6 Å². The number of aliphatic carboxylic acids is 1. The van der Waals surface area contributed by atoms with Gasteiger partial charge in [-0.2, -0.15) is 0 Å². The molecule has 112 valence electrons. The summed E-state index contributed by atoms with van der Waals surface area (Å²) >= 11 is 1.54. The van der Waals surface area contributed by atoms with Gasteiger partial charge in [0.1, 0.15) is 0 Å². The fourth-order valence-electron chi connectivity index (χ4n) is 3.29. The Bertz CT molecular complexity index is 577. The predicted octanol–water partition coefficient (Wildman–Crippen LogP) is 2.23. The number of anilines is 1. The molecule has 2 unspecified atom stereocenters. The standard InChI is InChI=1S/C15H17NO4S/c1-21-11-5-3-2-4-8(11)16-14(17)12-9-6-7-10(20-9)13(12)15(18)19/h2-5,9-10,12-13H,6-7H2,1H3,(H,16,17)(H,18,19)/t9-,10+,12?,13?/m0/s1. The van der Waals surface area contributed by atoms with Crippen molar-refractivity contribution in [2.45, 2.75) is 29.9 Å². The zero-order valence-electron chi connectivity index (χ0n) is 11.6. The number of para-hydroxylation sites is 1. The Kier molecular flexibility index (Phi) is 3.91. The van der Waals surface area contributed by atoms with Crippen molar-refractivity contribution < 1.29 is 19.4 Å². The highest BCUT2D eigenvalue weighted by Gasteiger charge is 2.55. The number of benzene rings is 1. The van der Waals surface area contributed by atoms with Gasteiger partial charge in [0, 0.05) is 4.90 Å². The first-order chi connectivity index (χ1) is 10.1. The fourth-order valence-corrected chi connectivity index (χ4v) is 3.84. The molecule has 0 spiro atoms. The lowest BCUT2D eigenvalue weighted by molar-refractivity contribution is -0.147. The van der Waals surface area contributed by atoms with Crippen molar-refractivity contribution in [3.8, 4) is 0 Å². The van der Waals surface area contributed by atoms with Crippen LogP contribution in [0.1, 0.15) is 12.8 Å². The number of carboxylic acids is 1. The number of amides is 1. The number of carboxylic acid groups (broad SMARTS) is 1. The second-order valence-corrected chi connectivity index (χ2v) is 6.22. The van der Waals surface area contributed by atoms with Crippen molar-refractivity contribution in [3.63, 3.8) is 0 Å². The first-order valence-corrected chi connectivity index (χ1v) is 8.16. The van der Waals surface area contributed by atoms with Gasteiger partial charge in [-0.25, -0.2) is 0 Å². The van der Waals surface area contributed by atoms with Gasteiger partial charge in [-0.3, -0.25) is 9.59 Å².